The van der Waals surface area contributed by atoms with Crippen molar-refractivity contribution in [1.29, 1.82) is 0 Å². The maximum Gasteiger partial charge on any atom is 0.191 e. The molecule has 25 heavy (non-hydrogen) atoms. The topological polar surface area (TPSA) is 63.5 Å². The predicted molar refractivity (Wildman–Crippen MR) is 113 cm³/mol. The molecule has 1 heterocycles. The molecule has 0 radical (unpaired) electrons. The van der Waals surface area contributed by atoms with Gasteiger partial charge in [0.15, 0.2) is 5.96 Å². The Morgan fingerprint density at radius 1 is 1.32 bits per heavy atom. The fraction of sp³-hybridized carbons (Fsp3) is 0.444. The summed E-state index contributed by atoms with van der Waals surface area (Å²) in [6, 6.07) is 10.0. The molecular weight excluding hydrogens is 429 g/mol. The number of hydrogen-bond acceptors (Lipinski definition) is 3. The summed E-state index contributed by atoms with van der Waals surface area (Å²) in [5.74, 6) is 1.68. The van der Waals surface area contributed by atoms with Crippen LogP contribution in [0.5, 0.6) is 5.75 Å². The molecule has 1 atom stereocenters. The minimum Gasteiger partial charge on any atom is -0.489 e. The number of benzene rings is 1. The Morgan fingerprint density at radius 2 is 2.16 bits per heavy atom. The molecule has 2 rings (SSSR count). The van der Waals surface area contributed by atoms with Gasteiger partial charge in [-0.1, -0.05) is 12.1 Å². The van der Waals surface area contributed by atoms with Crippen molar-refractivity contribution < 1.29 is 4.74 Å². The van der Waals surface area contributed by atoms with E-state index in [0.717, 1.165) is 31.2 Å². The van der Waals surface area contributed by atoms with Crippen LogP contribution in [0.1, 0.15) is 18.9 Å². The molecule has 138 valence electrons. The van der Waals surface area contributed by atoms with Gasteiger partial charge < -0.3 is 15.4 Å². The molecule has 1 unspecified atom stereocenters. The number of nitrogens with zero attached hydrogens (tertiary/aromatic N) is 3. The summed E-state index contributed by atoms with van der Waals surface area (Å²) in [6.45, 7) is 6.52. The highest BCUT2D eigenvalue weighted by Gasteiger charge is 2.05. The van der Waals surface area contributed by atoms with Gasteiger partial charge in [-0.15, -0.1) is 24.0 Å². The summed E-state index contributed by atoms with van der Waals surface area (Å²) in [5.41, 5.74) is 1.20. The van der Waals surface area contributed by atoms with Gasteiger partial charge >= 0.3 is 0 Å². The fourth-order valence-electron chi connectivity index (χ4n) is 2.30. The third-order valence-electron chi connectivity index (χ3n) is 3.52. The van der Waals surface area contributed by atoms with Gasteiger partial charge in [-0.3, -0.25) is 9.67 Å². The Kier molecular flexibility index (Phi) is 9.98. The van der Waals surface area contributed by atoms with E-state index in [0.29, 0.717) is 6.54 Å². The second kappa shape index (κ2) is 11.7. The largest absolute Gasteiger partial charge is 0.489 e. The average Bonchev–Trinajstić information content (AvgIpc) is 3.07. The van der Waals surface area contributed by atoms with Crippen molar-refractivity contribution in [2.75, 3.05) is 20.1 Å². The Morgan fingerprint density at radius 3 is 2.84 bits per heavy atom. The number of nitrogens with one attached hydrogen (secondary N) is 2. The lowest BCUT2D eigenvalue weighted by Gasteiger charge is -2.18. The molecule has 0 fully saturated rings. The summed E-state index contributed by atoms with van der Waals surface area (Å²) in [4.78, 5) is 4.23. The van der Waals surface area contributed by atoms with Crippen LogP contribution in [0.25, 0.3) is 0 Å². The maximum atomic E-state index is 5.91. The number of aromatic nitrogens is 2. The lowest BCUT2D eigenvalue weighted by molar-refractivity contribution is 0.223. The quantitative estimate of drug-likeness (QED) is 0.277. The average molecular weight is 457 g/mol. The van der Waals surface area contributed by atoms with Gasteiger partial charge in [0, 0.05) is 32.5 Å². The van der Waals surface area contributed by atoms with Gasteiger partial charge in [0.25, 0.3) is 0 Å². The Balaban J connectivity index is 0.00000312. The molecule has 0 aliphatic rings. The first kappa shape index (κ1) is 21.3. The van der Waals surface area contributed by atoms with Crippen LogP contribution in [0.3, 0.4) is 0 Å². The van der Waals surface area contributed by atoms with Crippen LogP contribution in [0.15, 0.2) is 47.7 Å². The molecule has 0 saturated heterocycles. The lowest BCUT2D eigenvalue weighted by Crippen LogP contribution is -2.42. The van der Waals surface area contributed by atoms with Crippen molar-refractivity contribution in [3.63, 3.8) is 0 Å². The van der Waals surface area contributed by atoms with E-state index in [1.807, 2.05) is 42.1 Å². The number of aliphatic imine (C=N–C) groups is 1. The summed E-state index contributed by atoms with van der Waals surface area (Å²) in [5, 5.41) is 10.8. The molecule has 1 aromatic heterocycles. The number of ether oxygens (including phenoxy) is 1. The lowest BCUT2D eigenvalue weighted by atomic mass is 10.2. The molecule has 2 N–H and O–H groups in total. The van der Waals surface area contributed by atoms with E-state index in [9.17, 15) is 0 Å². The molecule has 0 saturated carbocycles. The third kappa shape index (κ3) is 8.24. The van der Waals surface area contributed by atoms with E-state index in [2.05, 4.69) is 33.7 Å². The molecule has 7 heteroatoms. The van der Waals surface area contributed by atoms with Crippen LogP contribution >= 0.6 is 24.0 Å². The van der Waals surface area contributed by atoms with Crippen molar-refractivity contribution in [1.82, 2.24) is 20.4 Å². The second-order valence-corrected chi connectivity index (χ2v) is 5.75. The summed E-state index contributed by atoms with van der Waals surface area (Å²) in [6.07, 6.45) is 4.80. The van der Waals surface area contributed by atoms with Gasteiger partial charge in [0.2, 0.25) is 0 Å². The van der Waals surface area contributed by atoms with Gasteiger partial charge in [-0.2, -0.15) is 5.10 Å². The first-order valence-electron chi connectivity index (χ1n) is 8.32. The zero-order valence-corrected chi connectivity index (χ0v) is 17.4. The van der Waals surface area contributed by atoms with Crippen LogP contribution in [-0.4, -0.2) is 42.0 Å². The van der Waals surface area contributed by atoms with Crippen molar-refractivity contribution in [3.05, 3.63) is 48.3 Å². The summed E-state index contributed by atoms with van der Waals surface area (Å²) >= 11 is 0. The van der Waals surface area contributed by atoms with E-state index in [4.69, 9.17) is 4.74 Å². The molecule has 0 spiro atoms. The third-order valence-corrected chi connectivity index (χ3v) is 3.52. The minimum atomic E-state index is 0. The van der Waals surface area contributed by atoms with E-state index in [1.54, 1.807) is 13.2 Å². The zero-order valence-electron chi connectivity index (χ0n) is 15.1. The van der Waals surface area contributed by atoms with Crippen molar-refractivity contribution in [2.45, 2.75) is 32.9 Å². The second-order valence-electron chi connectivity index (χ2n) is 5.75. The van der Waals surface area contributed by atoms with Gasteiger partial charge in [0.05, 0.1) is 6.54 Å². The molecule has 2 aromatic rings. The fourth-order valence-corrected chi connectivity index (χ4v) is 2.30. The highest BCUT2D eigenvalue weighted by molar-refractivity contribution is 14.0. The highest BCUT2D eigenvalue weighted by atomic mass is 127. The molecular formula is C18H28IN5O. The van der Waals surface area contributed by atoms with E-state index < -0.39 is 0 Å². The summed E-state index contributed by atoms with van der Waals surface area (Å²) in [7, 11) is 1.77. The smallest absolute Gasteiger partial charge is 0.191 e. The number of aryl methyl sites for hydroxylation is 2. The van der Waals surface area contributed by atoms with Crippen LogP contribution in [0, 0.1) is 6.92 Å². The molecule has 0 aliphatic heterocycles. The van der Waals surface area contributed by atoms with Crippen LogP contribution in [0.4, 0.5) is 0 Å². The predicted octanol–water partition coefficient (Wildman–Crippen LogP) is 2.83. The Labute approximate surface area is 167 Å². The number of halogens is 1. The zero-order chi connectivity index (χ0) is 17.2. The highest BCUT2D eigenvalue weighted by Crippen LogP contribution is 2.13. The Bertz CT molecular complexity index is 630. The van der Waals surface area contributed by atoms with Crippen molar-refractivity contribution in [3.8, 4) is 5.75 Å². The minimum absolute atomic E-state index is 0. The van der Waals surface area contributed by atoms with Crippen molar-refractivity contribution in [2.24, 2.45) is 4.99 Å². The SMILES string of the molecule is CN=C(NCCCn1cccn1)NCC(C)Oc1cccc(C)c1.I. The normalized spacial score (nSPS) is 12.2. The van der Waals surface area contributed by atoms with E-state index in [1.165, 1.54) is 5.56 Å². The van der Waals surface area contributed by atoms with Crippen molar-refractivity contribution >= 4 is 29.9 Å². The molecule has 0 bridgehead atoms. The number of hydrogen-bond donors (Lipinski definition) is 2. The summed E-state index contributed by atoms with van der Waals surface area (Å²) < 4.78 is 7.83. The maximum absolute atomic E-state index is 5.91. The molecule has 6 nitrogen and oxygen atoms in total. The van der Waals surface area contributed by atoms with E-state index >= 15 is 0 Å². The van der Waals surface area contributed by atoms with Crippen LogP contribution < -0.4 is 15.4 Å². The van der Waals surface area contributed by atoms with Crippen LogP contribution in [0.2, 0.25) is 0 Å². The number of guanidine groups is 1. The monoisotopic (exact) mass is 457 g/mol. The van der Waals surface area contributed by atoms with Crippen LogP contribution in [-0.2, 0) is 6.54 Å². The van der Waals surface area contributed by atoms with E-state index in [-0.39, 0.29) is 30.1 Å². The first-order valence-corrected chi connectivity index (χ1v) is 8.32. The molecule has 1 aromatic carbocycles. The van der Waals surface area contributed by atoms with Gasteiger partial charge in [-0.05, 0) is 44.0 Å². The standard InChI is InChI=1S/C18H27N5O.HI/c1-15-7-4-8-17(13-15)24-16(2)14-21-18(19-3)20-9-5-11-23-12-6-10-22-23;/h4,6-8,10,12-13,16H,5,9,11,14H2,1-3H3,(H2,19,20,21);1H. The van der Waals surface area contributed by atoms with Gasteiger partial charge in [0.1, 0.15) is 11.9 Å². The molecule has 0 aliphatic carbocycles. The first-order chi connectivity index (χ1) is 11.7. The number of rotatable bonds is 8. The Hall–Kier alpha value is -1.77. The van der Waals surface area contributed by atoms with Gasteiger partial charge in [-0.25, -0.2) is 0 Å². The molecule has 0 amide bonds.